The summed E-state index contributed by atoms with van der Waals surface area (Å²) in [7, 11) is 0. The van der Waals surface area contributed by atoms with E-state index in [4.69, 9.17) is 10.7 Å². The minimum atomic E-state index is -0.185. The molecule has 1 atom stereocenters. The number of hydrogen-bond acceptors (Lipinski definition) is 3. The van der Waals surface area contributed by atoms with Crippen molar-refractivity contribution in [3.8, 4) is 0 Å². The first-order chi connectivity index (χ1) is 7.31. The molecule has 1 aliphatic rings. The molecule has 1 heterocycles. The van der Waals surface area contributed by atoms with Gasteiger partial charge in [0, 0.05) is 13.1 Å². The van der Waals surface area contributed by atoms with Crippen molar-refractivity contribution in [3.63, 3.8) is 0 Å². The fraction of sp³-hybridized carbons (Fsp3) is 0.455. The molecular weight excluding hydrogens is 195 g/mol. The number of nitrogens with two attached hydrogens (primary N) is 1. The molecule has 1 unspecified atom stereocenters. The summed E-state index contributed by atoms with van der Waals surface area (Å²) in [6, 6.07) is 6.79. The van der Waals surface area contributed by atoms with Gasteiger partial charge in [0.1, 0.15) is 5.82 Å². The van der Waals surface area contributed by atoms with E-state index in [1.54, 1.807) is 12.1 Å². The van der Waals surface area contributed by atoms with Gasteiger partial charge in [-0.05, 0) is 25.0 Å². The molecule has 1 aromatic carbocycles. The average Bonchev–Trinajstić information content (AvgIpc) is 2.30. The van der Waals surface area contributed by atoms with E-state index in [1.807, 2.05) is 11.0 Å². The number of anilines is 1. The number of halogens is 1. The quantitative estimate of drug-likeness (QED) is 0.755. The summed E-state index contributed by atoms with van der Waals surface area (Å²) in [6.45, 7) is 1.53. The summed E-state index contributed by atoms with van der Waals surface area (Å²) < 4.78 is 13.5. The first-order valence-electron chi connectivity index (χ1n) is 5.16. The first-order valence-corrected chi connectivity index (χ1v) is 5.16. The molecule has 0 aliphatic carbocycles. The summed E-state index contributed by atoms with van der Waals surface area (Å²) in [5, 5.41) is 0. The highest BCUT2D eigenvalue weighted by atomic mass is 19.1. The van der Waals surface area contributed by atoms with Gasteiger partial charge in [0.25, 0.3) is 0 Å². The third-order valence-corrected chi connectivity index (χ3v) is 2.76. The summed E-state index contributed by atoms with van der Waals surface area (Å²) in [5.74, 6) is 4.98. The fourth-order valence-electron chi connectivity index (χ4n) is 1.98. The van der Waals surface area contributed by atoms with Gasteiger partial charge in [-0.3, -0.25) is 4.84 Å². The molecule has 2 N–H and O–H groups in total. The molecule has 1 aromatic rings. The van der Waals surface area contributed by atoms with Crippen LogP contribution in [-0.4, -0.2) is 19.2 Å². The Balaban J connectivity index is 2.13. The first kappa shape index (κ1) is 10.4. The minimum Gasteiger partial charge on any atom is -0.366 e. The molecule has 1 aliphatic heterocycles. The van der Waals surface area contributed by atoms with E-state index in [2.05, 4.69) is 0 Å². The zero-order chi connectivity index (χ0) is 10.7. The monoisotopic (exact) mass is 210 g/mol. The number of para-hydroxylation sites is 1. The molecule has 15 heavy (non-hydrogen) atoms. The summed E-state index contributed by atoms with van der Waals surface area (Å²) in [5.41, 5.74) is 0.638. The summed E-state index contributed by atoms with van der Waals surface area (Å²) >= 11 is 0. The zero-order valence-corrected chi connectivity index (χ0v) is 8.53. The lowest BCUT2D eigenvalue weighted by atomic mass is 10.1. The SMILES string of the molecule is NOC1CCCN(c2ccccc2F)C1. The lowest BCUT2D eigenvalue weighted by molar-refractivity contribution is 0.0433. The molecule has 0 bridgehead atoms. The molecule has 0 aromatic heterocycles. The van der Waals surface area contributed by atoms with Crippen LogP contribution in [0.1, 0.15) is 12.8 Å². The van der Waals surface area contributed by atoms with Crippen LogP contribution in [0.2, 0.25) is 0 Å². The maximum atomic E-state index is 13.5. The second-order valence-corrected chi connectivity index (χ2v) is 3.80. The second-order valence-electron chi connectivity index (χ2n) is 3.80. The maximum Gasteiger partial charge on any atom is 0.146 e. The van der Waals surface area contributed by atoms with Crippen LogP contribution in [-0.2, 0) is 4.84 Å². The third-order valence-electron chi connectivity index (χ3n) is 2.76. The van der Waals surface area contributed by atoms with Crippen molar-refractivity contribution in [2.75, 3.05) is 18.0 Å². The molecule has 0 amide bonds. The fourth-order valence-corrected chi connectivity index (χ4v) is 1.98. The van der Waals surface area contributed by atoms with Crippen LogP contribution >= 0.6 is 0 Å². The van der Waals surface area contributed by atoms with Crippen LogP contribution in [0, 0.1) is 5.82 Å². The van der Waals surface area contributed by atoms with Crippen molar-refractivity contribution in [2.24, 2.45) is 5.90 Å². The molecule has 2 rings (SSSR count). The second kappa shape index (κ2) is 4.59. The summed E-state index contributed by atoms with van der Waals surface area (Å²) in [6.07, 6.45) is 1.94. The molecular formula is C11H15FN2O. The van der Waals surface area contributed by atoms with Crippen LogP contribution in [0.3, 0.4) is 0 Å². The van der Waals surface area contributed by atoms with Crippen molar-refractivity contribution in [1.29, 1.82) is 0 Å². The van der Waals surface area contributed by atoms with Gasteiger partial charge in [0.2, 0.25) is 0 Å². The van der Waals surface area contributed by atoms with E-state index in [-0.39, 0.29) is 11.9 Å². The van der Waals surface area contributed by atoms with Crippen LogP contribution < -0.4 is 10.8 Å². The molecule has 0 spiro atoms. The molecule has 82 valence electrons. The Kier molecular flexibility index (Phi) is 3.18. The molecule has 1 saturated heterocycles. The number of hydrogen-bond donors (Lipinski definition) is 1. The van der Waals surface area contributed by atoms with E-state index in [0.29, 0.717) is 12.2 Å². The molecule has 4 heteroatoms. The van der Waals surface area contributed by atoms with Gasteiger partial charge in [0.15, 0.2) is 0 Å². The smallest absolute Gasteiger partial charge is 0.146 e. The third kappa shape index (κ3) is 2.27. The van der Waals surface area contributed by atoms with E-state index in [9.17, 15) is 4.39 Å². The van der Waals surface area contributed by atoms with Gasteiger partial charge in [-0.2, -0.15) is 0 Å². The lowest BCUT2D eigenvalue weighted by Crippen LogP contribution is -2.41. The predicted octanol–water partition coefficient (Wildman–Crippen LogP) is 1.68. The topological polar surface area (TPSA) is 38.5 Å². The van der Waals surface area contributed by atoms with Crippen molar-refractivity contribution in [1.82, 2.24) is 0 Å². The number of piperidine rings is 1. The Labute approximate surface area is 88.6 Å². The number of rotatable bonds is 2. The van der Waals surface area contributed by atoms with Gasteiger partial charge < -0.3 is 4.90 Å². The van der Waals surface area contributed by atoms with E-state index < -0.39 is 0 Å². The van der Waals surface area contributed by atoms with Gasteiger partial charge >= 0.3 is 0 Å². The maximum absolute atomic E-state index is 13.5. The highest BCUT2D eigenvalue weighted by molar-refractivity contribution is 5.48. The molecule has 0 saturated carbocycles. The Morgan fingerprint density at radius 2 is 2.20 bits per heavy atom. The largest absolute Gasteiger partial charge is 0.366 e. The Morgan fingerprint density at radius 1 is 1.40 bits per heavy atom. The number of benzene rings is 1. The Hall–Kier alpha value is -1.13. The highest BCUT2D eigenvalue weighted by Gasteiger charge is 2.21. The molecule has 3 nitrogen and oxygen atoms in total. The number of nitrogens with zero attached hydrogens (tertiary/aromatic N) is 1. The standard InChI is InChI=1S/C11H15FN2O/c12-10-5-1-2-6-11(10)14-7-3-4-9(8-14)15-13/h1-2,5-6,9H,3-4,7-8,13H2. The molecule has 0 radical (unpaired) electrons. The van der Waals surface area contributed by atoms with Crippen molar-refractivity contribution < 1.29 is 9.23 Å². The van der Waals surface area contributed by atoms with Crippen LogP contribution in [0.5, 0.6) is 0 Å². The van der Waals surface area contributed by atoms with Crippen LogP contribution in [0.25, 0.3) is 0 Å². The van der Waals surface area contributed by atoms with Gasteiger partial charge in [-0.25, -0.2) is 10.3 Å². The van der Waals surface area contributed by atoms with Gasteiger partial charge in [-0.1, -0.05) is 12.1 Å². The predicted molar refractivity (Wildman–Crippen MR) is 56.9 cm³/mol. The van der Waals surface area contributed by atoms with Crippen LogP contribution in [0.15, 0.2) is 24.3 Å². The van der Waals surface area contributed by atoms with Gasteiger partial charge in [-0.15, -0.1) is 0 Å². The normalized spacial score (nSPS) is 21.7. The summed E-state index contributed by atoms with van der Waals surface area (Å²) in [4.78, 5) is 6.80. The van der Waals surface area contributed by atoms with E-state index in [1.165, 1.54) is 6.07 Å². The lowest BCUT2D eigenvalue weighted by Gasteiger charge is -2.33. The molecule has 1 fully saturated rings. The van der Waals surface area contributed by atoms with Gasteiger partial charge in [0.05, 0.1) is 11.8 Å². The van der Waals surface area contributed by atoms with E-state index in [0.717, 1.165) is 19.4 Å². The van der Waals surface area contributed by atoms with Crippen LogP contribution in [0.4, 0.5) is 10.1 Å². The average molecular weight is 210 g/mol. The zero-order valence-electron chi connectivity index (χ0n) is 8.53. The Bertz CT molecular complexity index is 332. The highest BCUT2D eigenvalue weighted by Crippen LogP contribution is 2.23. The Morgan fingerprint density at radius 3 is 2.93 bits per heavy atom. The minimum absolute atomic E-state index is 0.0124. The van der Waals surface area contributed by atoms with Crippen molar-refractivity contribution in [3.05, 3.63) is 30.1 Å². The van der Waals surface area contributed by atoms with Crippen molar-refractivity contribution in [2.45, 2.75) is 18.9 Å². The van der Waals surface area contributed by atoms with Crippen molar-refractivity contribution >= 4 is 5.69 Å². The van der Waals surface area contributed by atoms with E-state index >= 15 is 0 Å².